The van der Waals surface area contributed by atoms with Gasteiger partial charge in [-0.25, -0.2) is 0 Å². The van der Waals surface area contributed by atoms with Crippen LogP contribution in [0.1, 0.15) is 18.4 Å². The Kier molecular flexibility index (Phi) is 2.77. The van der Waals surface area contributed by atoms with Gasteiger partial charge < -0.3 is 4.74 Å². The van der Waals surface area contributed by atoms with E-state index in [9.17, 15) is 9.59 Å². The third-order valence-corrected chi connectivity index (χ3v) is 3.23. The zero-order valence-corrected chi connectivity index (χ0v) is 9.04. The van der Waals surface area contributed by atoms with Crippen molar-refractivity contribution in [1.82, 2.24) is 0 Å². The SMILES string of the molecule is CCOC(=O)C1C(=O)Sc2ccccc21. The first-order valence-electron chi connectivity index (χ1n) is 4.71. The Morgan fingerprint density at radius 1 is 1.47 bits per heavy atom. The smallest absolute Gasteiger partial charge is 0.322 e. The summed E-state index contributed by atoms with van der Waals surface area (Å²) in [6, 6.07) is 7.32. The summed E-state index contributed by atoms with van der Waals surface area (Å²) in [5.41, 5.74) is 0.769. The van der Waals surface area contributed by atoms with Crippen LogP contribution < -0.4 is 0 Å². The highest BCUT2D eigenvalue weighted by atomic mass is 32.2. The highest BCUT2D eigenvalue weighted by molar-refractivity contribution is 8.14. The van der Waals surface area contributed by atoms with Crippen LogP contribution in [-0.2, 0) is 14.3 Å². The van der Waals surface area contributed by atoms with Gasteiger partial charge in [0.15, 0.2) is 5.92 Å². The summed E-state index contributed by atoms with van der Waals surface area (Å²) < 4.78 is 4.88. The van der Waals surface area contributed by atoms with E-state index in [-0.39, 0.29) is 5.12 Å². The van der Waals surface area contributed by atoms with Crippen LogP contribution in [0.25, 0.3) is 0 Å². The predicted molar refractivity (Wildman–Crippen MR) is 56.7 cm³/mol. The molecule has 1 unspecified atom stereocenters. The third kappa shape index (κ3) is 1.77. The van der Waals surface area contributed by atoms with Crippen LogP contribution in [0.15, 0.2) is 29.2 Å². The molecule has 0 bridgehead atoms. The van der Waals surface area contributed by atoms with Gasteiger partial charge in [0.25, 0.3) is 0 Å². The van der Waals surface area contributed by atoms with Crippen molar-refractivity contribution in [2.24, 2.45) is 0 Å². The number of fused-ring (bicyclic) bond motifs is 1. The number of rotatable bonds is 2. The average Bonchev–Trinajstić information content (AvgIpc) is 2.54. The number of ether oxygens (including phenoxy) is 1. The monoisotopic (exact) mass is 222 g/mol. The lowest BCUT2D eigenvalue weighted by Crippen LogP contribution is -2.18. The second-order valence-electron chi connectivity index (χ2n) is 3.14. The number of carbonyl (C=O) groups excluding carboxylic acids is 2. The number of thioether (sulfide) groups is 1. The van der Waals surface area contributed by atoms with Gasteiger partial charge >= 0.3 is 5.97 Å². The zero-order valence-electron chi connectivity index (χ0n) is 8.23. The minimum atomic E-state index is -0.730. The van der Waals surface area contributed by atoms with Crippen LogP contribution in [0.2, 0.25) is 0 Å². The normalized spacial score (nSPS) is 18.7. The molecule has 78 valence electrons. The highest BCUT2D eigenvalue weighted by Crippen LogP contribution is 2.41. The second-order valence-corrected chi connectivity index (χ2v) is 4.19. The van der Waals surface area contributed by atoms with E-state index in [1.807, 2.05) is 18.2 Å². The van der Waals surface area contributed by atoms with Gasteiger partial charge in [0.05, 0.1) is 6.61 Å². The van der Waals surface area contributed by atoms with E-state index in [1.54, 1.807) is 13.0 Å². The van der Waals surface area contributed by atoms with E-state index in [4.69, 9.17) is 4.74 Å². The van der Waals surface area contributed by atoms with Crippen molar-refractivity contribution < 1.29 is 14.3 Å². The molecule has 1 heterocycles. The molecule has 3 nitrogen and oxygen atoms in total. The predicted octanol–water partition coefficient (Wildman–Crippen LogP) is 1.97. The summed E-state index contributed by atoms with van der Waals surface area (Å²) in [5, 5.41) is -0.144. The molecule has 0 saturated carbocycles. The average molecular weight is 222 g/mol. The number of benzene rings is 1. The van der Waals surface area contributed by atoms with E-state index in [0.717, 1.165) is 22.2 Å². The molecule has 2 rings (SSSR count). The van der Waals surface area contributed by atoms with Crippen LogP contribution in [0.5, 0.6) is 0 Å². The fraction of sp³-hybridized carbons (Fsp3) is 0.273. The second kappa shape index (κ2) is 4.06. The Bertz CT molecular complexity index is 414. The molecule has 15 heavy (non-hydrogen) atoms. The molecule has 1 aromatic carbocycles. The van der Waals surface area contributed by atoms with E-state index in [2.05, 4.69) is 0 Å². The van der Waals surface area contributed by atoms with Crippen molar-refractivity contribution in [2.45, 2.75) is 17.7 Å². The molecule has 1 aliphatic rings. The molecule has 0 saturated heterocycles. The maximum Gasteiger partial charge on any atom is 0.322 e. The van der Waals surface area contributed by atoms with Crippen molar-refractivity contribution >= 4 is 22.8 Å². The fourth-order valence-electron chi connectivity index (χ4n) is 1.56. The maximum absolute atomic E-state index is 11.6. The molecule has 0 aliphatic carbocycles. The molecule has 0 N–H and O–H groups in total. The number of hydrogen-bond acceptors (Lipinski definition) is 4. The largest absolute Gasteiger partial charge is 0.465 e. The molecule has 0 aromatic heterocycles. The number of esters is 1. The van der Waals surface area contributed by atoms with Crippen molar-refractivity contribution in [3.8, 4) is 0 Å². The summed E-state index contributed by atoms with van der Waals surface area (Å²) in [6.07, 6.45) is 0. The number of hydrogen-bond donors (Lipinski definition) is 0. The summed E-state index contributed by atoms with van der Waals surface area (Å²) in [7, 11) is 0. The Hall–Kier alpha value is -1.29. The Morgan fingerprint density at radius 3 is 2.93 bits per heavy atom. The van der Waals surface area contributed by atoms with Crippen LogP contribution in [-0.4, -0.2) is 17.7 Å². The van der Waals surface area contributed by atoms with Crippen molar-refractivity contribution in [3.05, 3.63) is 29.8 Å². The van der Waals surface area contributed by atoms with Crippen molar-refractivity contribution in [3.63, 3.8) is 0 Å². The van der Waals surface area contributed by atoms with Gasteiger partial charge in [0.1, 0.15) is 0 Å². The van der Waals surface area contributed by atoms with Crippen LogP contribution in [0.3, 0.4) is 0 Å². The molecular weight excluding hydrogens is 212 g/mol. The van der Waals surface area contributed by atoms with E-state index in [0.29, 0.717) is 6.61 Å². The summed E-state index contributed by atoms with van der Waals surface area (Å²) in [6.45, 7) is 2.03. The van der Waals surface area contributed by atoms with E-state index >= 15 is 0 Å². The first kappa shape index (κ1) is 10.2. The lowest BCUT2D eigenvalue weighted by Gasteiger charge is -2.07. The standard InChI is InChI=1S/C11H10O3S/c1-2-14-10(12)9-7-5-3-4-6-8(7)15-11(9)13/h3-6,9H,2H2,1H3. The van der Waals surface area contributed by atoms with E-state index in [1.165, 1.54) is 0 Å². The lowest BCUT2D eigenvalue weighted by molar-refractivity contribution is -0.146. The molecule has 1 aliphatic heterocycles. The van der Waals surface area contributed by atoms with Gasteiger partial charge in [-0.15, -0.1) is 0 Å². The first-order chi connectivity index (χ1) is 7.24. The molecule has 0 spiro atoms. The molecule has 0 amide bonds. The zero-order chi connectivity index (χ0) is 10.8. The van der Waals surface area contributed by atoms with Gasteiger partial charge in [-0.3, -0.25) is 9.59 Å². The Morgan fingerprint density at radius 2 is 2.20 bits per heavy atom. The molecular formula is C11H10O3S. The minimum Gasteiger partial charge on any atom is -0.465 e. The lowest BCUT2D eigenvalue weighted by atomic mass is 10.0. The van der Waals surface area contributed by atoms with E-state index < -0.39 is 11.9 Å². The quantitative estimate of drug-likeness (QED) is 0.566. The summed E-state index contributed by atoms with van der Waals surface area (Å²) in [4.78, 5) is 24.0. The fourth-order valence-corrected chi connectivity index (χ4v) is 2.56. The topological polar surface area (TPSA) is 43.4 Å². The number of carbonyl (C=O) groups is 2. The van der Waals surface area contributed by atoms with Crippen LogP contribution >= 0.6 is 11.8 Å². The van der Waals surface area contributed by atoms with Gasteiger partial charge in [0.2, 0.25) is 5.12 Å². The highest BCUT2D eigenvalue weighted by Gasteiger charge is 2.37. The Balaban J connectivity index is 2.33. The van der Waals surface area contributed by atoms with Gasteiger partial charge in [0, 0.05) is 4.90 Å². The summed E-state index contributed by atoms with van der Waals surface area (Å²) in [5.74, 6) is -1.17. The van der Waals surface area contributed by atoms with Gasteiger partial charge in [-0.05, 0) is 18.6 Å². The molecule has 1 atom stereocenters. The molecule has 0 radical (unpaired) electrons. The van der Waals surface area contributed by atoms with Crippen LogP contribution in [0, 0.1) is 0 Å². The van der Waals surface area contributed by atoms with Crippen LogP contribution in [0.4, 0.5) is 0 Å². The maximum atomic E-state index is 11.6. The van der Waals surface area contributed by atoms with Gasteiger partial charge in [-0.2, -0.15) is 0 Å². The summed E-state index contributed by atoms with van der Waals surface area (Å²) >= 11 is 1.11. The van der Waals surface area contributed by atoms with Gasteiger partial charge in [-0.1, -0.05) is 30.0 Å². The third-order valence-electron chi connectivity index (χ3n) is 2.20. The first-order valence-corrected chi connectivity index (χ1v) is 5.53. The minimum absolute atomic E-state index is 0.144. The van der Waals surface area contributed by atoms with Crippen molar-refractivity contribution in [2.75, 3.05) is 6.61 Å². The molecule has 4 heteroatoms. The Labute approximate surface area is 91.8 Å². The molecule has 1 aromatic rings. The van der Waals surface area contributed by atoms with Crippen molar-refractivity contribution in [1.29, 1.82) is 0 Å². The molecule has 0 fully saturated rings.